The fourth-order valence-corrected chi connectivity index (χ4v) is 2.76. The number of nitrogens with zero attached hydrogens (tertiary/aromatic N) is 1. The first-order valence-electron chi connectivity index (χ1n) is 6.78. The summed E-state index contributed by atoms with van der Waals surface area (Å²) in [5.41, 5.74) is 0.596. The predicted octanol–water partition coefficient (Wildman–Crippen LogP) is 2.61. The number of para-hydroxylation sites is 1. The fourth-order valence-electron chi connectivity index (χ4n) is 2.76. The van der Waals surface area contributed by atoms with Gasteiger partial charge in [0.2, 0.25) is 0 Å². The number of hydrogen-bond donors (Lipinski definition) is 0. The van der Waals surface area contributed by atoms with Crippen LogP contribution in [0.25, 0.3) is 10.9 Å². The largest absolute Gasteiger partial charge is 0.381 e. The van der Waals surface area contributed by atoms with E-state index >= 15 is 0 Å². The lowest BCUT2D eigenvalue weighted by molar-refractivity contribution is -0.0662. The molecule has 0 N–H and O–H groups in total. The van der Waals surface area contributed by atoms with Crippen LogP contribution < -0.4 is 0 Å². The number of Topliss-reactive ketones (excluding diaryl/α,β-unsaturated/α-hetero) is 1. The molecule has 1 saturated heterocycles. The Bertz CT molecular complexity index is 627. The maximum atomic E-state index is 12.9. The third kappa shape index (κ3) is 2.11. The number of carbonyl (C=O) groups excluding carboxylic acids is 1. The molecule has 0 spiro atoms. The molecular weight excluding hydrogens is 254 g/mol. The second-order valence-electron chi connectivity index (χ2n) is 5.02. The number of hydrogen-bond acceptors (Lipinski definition) is 4. The minimum Gasteiger partial charge on any atom is -0.381 e. The topological polar surface area (TPSA) is 48.4 Å². The molecule has 104 valence electrons. The number of benzene rings is 1. The summed E-state index contributed by atoms with van der Waals surface area (Å²) in [7, 11) is 1.60. The molecule has 3 rings (SSSR count). The smallest absolute Gasteiger partial charge is 0.196 e. The highest BCUT2D eigenvalue weighted by Crippen LogP contribution is 2.30. The first kappa shape index (κ1) is 13.2. The molecule has 2 heterocycles. The first-order chi connectivity index (χ1) is 9.77. The maximum Gasteiger partial charge on any atom is 0.196 e. The lowest BCUT2D eigenvalue weighted by Gasteiger charge is -2.34. The molecule has 1 aromatic carbocycles. The van der Waals surface area contributed by atoms with Gasteiger partial charge in [0.1, 0.15) is 5.60 Å². The van der Waals surface area contributed by atoms with E-state index in [-0.39, 0.29) is 5.78 Å². The van der Waals surface area contributed by atoms with Gasteiger partial charge in [-0.25, -0.2) is 0 Å². The van der Waals surface area contributed by atoms with Crippen LogP contribution in [0.5, 0.6) is 0 Å². The molecule has 4 heteroatoms. The zero-order valence-corrected chi connectivity index (χ0v) is 11.5. The zero-order chi connectivity index (χ0) is 14.0. The summed E-state index contributed by atoms with van der Waals surface area (Å²) in [5.74, 6) is 0.00704. The van der Waals surface area contributed by atoms with Crippen LogP contribution in [0.1, 0.15) is 23.2 Å². The summed E-state index contributed by atoms with van der Waals surface area (Å²) in [6.45, 7) is 1.11. The van der Waals surface area contributed by atoms with Gasteiger partial charge in [0.25, 0.3) is 0 Å². The zero-order valence-electron chi connectivity index (χ0n) is 11.5. The van der Waals surface area contributed by atoms with E-state index in [9.17, 15) is 4.79 Å². The second-order valence-corrected chi connectivity index (χ2v) is 5.02. The lowest BCUT2D eigenvalue weighted by atomic mass is 9.85. The molecular formula is C16H17NO3. The van der Waals surface area contributed by atoms with E-state index in [0.29, 0.717) is 31.6 Å². The Morgan fingerprint density at radius 3 is 2.75 bits per heavy atom. The lowest BCUT2D eigenvalue weighted by Crippen LogP contribution is -2.45. The molecule has 1 aliphatic heterocycles. The van der Waals surface area contributed by atoms with Gasteiger partial charge in [0.15, 0.2) is 5.78 Å². The number of methoxy groups -OCH3 is 1. The van der Waals surface area contributed by atoms with Crippen molar-refractivity contribution < 1.29 is 14.3 Å². The third-order valence-corrected chi connectivity index (χ3v) is 3.98. The van der Waals surface area contributed by atoms with Crippen LogP contribution in [-0.2, 0) is 9.47 Å². The van der Waals surface area contributed by atoms with E-state index in [1.807, 2.05) is 30.3 Å². The molecule has 0 radical (unpaired) electrons. The Morgan fingerprint density at radius 1 is 1.25 bits per heavy atom. The molecule has 0 bridgehead atoms. The Balaban J connectivity index is 2.08. The van der Waals surface area contributed by atoms with Crippen molar-refractivity contribution in [1.82, 2.24) is 4.98 Å². The number of pyridine rings is 1. The molecule has 2 aromatic rings. The average Bonchev–Trinajstić information content (AvgIpc) is 2.54. The van der Waals surface area contributed by atoms with Gasteiger partial charge < -0.3 is 9.47 Å². The molecule has 1 aromatic heterocycles. The maximum absolute atomic E-state index is 12.9. The van der Waals surface area contributed by atoms with Gasteiger partial charge in [-0.2, -0.15) is 0 Å². The van der Waals surface area contributed by atoms with E-state index in [1.54, 1.807) is 13.3 Å². The van der Waals surface area contributed by atoms with Crippen LogP contribution in [0.4, 0.5) is 0 Å². The minimum atomic E-state index is -0.774. The van der Waals surface area contributed by atoms with Gasteiger partial charge in [-0.1, -0.05) is 18.2 Å². The van der Waals surface area contributed by atoms with Crippen molar-refractivity contribution in [3.8, 4) is 0 Å². The van der Waals surface area contributed by atoms with Crippen molar-refractivity contribution in [2.24, 2.45) is 0 Å². The summed E-state index contributed by atoms with van der Waals surface area (Å²) >= 11 is 0. The molecule has 0 aliphatic carbocycles. The SMILES string of the molecule is COC1(C(=O)c2cccc3cccnc23)CCOCC1. The predicted molar refractivity (Wildman–Crippen MR) is 75.9 cm³/mol. The van der Waals surface area contributed by atoms with Crippen LogP contribution in [0.3, 0.4) is 0 Å². The van der Waals surface area contributed by atoms with Gasteiger partial charge in [-0.05, 0) is 12.1 Å². The number of rotatable bonds is 3. The molecule has 0 unspecified atom stereocenters. The molecule has 0 saturated carbocycles. The van der Waals surface area contributed by atoms with E-state index in [1.165, 1.54) is 0 Å². The molecule has 0 amide bonds. The first-order valence-corrected chi connectivity index (χ1v) is 6.78. The summed E-state index contributed by atoms with van der Waals surface area (Å²) in [4.78, 5) is 17.3. The summed E-state index contributed by atoms with van der Waals surface area (Å²) in [5, 5.41) is 0.969. The van der Waals surface area contributed by atoms with Crippen molar-refractivity contribution in [3.05, 3.63) is 42.1 Å². The van der Waals surface area contributed by atoms with Gasteiger partial charge in [0.05, 0.1) is 5.52 Å². The van der Waals surface area contributed by atoms with E-state index in [2.05, 4.69) is 4.98 Å². The molecule has 1 aliphatic rings. The summed E-state index contributed by atoms with van der Waals surface area (Å²) < 4.78 is 10.9. The highest BCUT2D eigenvalue weighted by Gasteiger charge is 2.41. The standard InChI is InChI=1S/C16H17NO3/c1-19-16(7-10-20-11-8-16)15(18)13-6-2-4-12-5-3-9-17-14(12)13/h2-6,9H,7-8,10-11H2,1H3. The van der Waals surface area contributed by atoms with Crippen LogP contribution in [0.15, 0.2) is 36.5 Å². The van der Waals surface area contributed by atoms with Gasteiger partial charge in [0, 0.05) is 50.3 Å². The second kappa shape index (κ2) is 5.31. The monoisotopic (exact) mass is 271 g/mol. The van der Waals surface area contributed by atoms with E-state index < -0.39 is 5.60 Å². The van der Waals surface area contributed by atoms with Crippen molar-refractivity contribution in [3.63, 3.8) is 0 Å². The van der Waals surface area contributed by atoms with Crippen molar-refractivity contribution in [2.45, 2.75) is 18.4 Å². The minimum absolute atomic E-state index is 0.00704. The van der Waals surface area contributed by atoms with Gasteiger partial charge in [-0.15, -0.1) is 0 Å². The molecule has 20 heavy (non-hydrogen) atoms. The van der Waals surface area contributed by atoms with Crippen LogP contribution in [0.2, 0.25) is 0 Å². The number of fused-ring (bicyclic) bond motifs is 1. The van der Waals surface area contributed by atoms with E-state index in [4.69, 9.17) is 9.47 Å². The van der Waals surface area contributed by atoms with Crippen LogP contribution in [0, 0.1) is 0 Å². The molecule has 0 atom stereocenters. The Morgan fingerprint density at radius 2 is 2.00 bits per heavy atom. The average molecular weight is 271 g/mol. The van der Waals surface area contributed by atoms with Crippen molar-refractivity contribution >= 4 is 16.7 Å². The van der Waals surface area contributed by atoms with Gasteiger partial charge in [-0.3, -0.25) is 9.78 Å². The molecule has 4 nitrogen and oxygen atoms in total. The fraction of sp³-hybridized carbons (Fsp3) is 0.375. The third-order valence-electron chi connectivity index (χ3n) is 3.98. The number of carbonyl (C=O) groups is 1. The highest BCUT2D eigenvalue weighted by molar-refractivity contribution is 6.10. The summed E-state index contributed by atoms with van der Waals surface area (Å²) in [6.07, 6.45) is 2.89. The number of ether oxygens (including phenoxy) is 2. The highest BCUT2D eigenvalue weighted by atomic mass is 16.5. The Hall–Kier alpha value is -1.78. The number of ketones is 1. The van der Waals surface area contributed by atoms with Crippen LogP contribution in [-0.4, -0.2) is 36.7 Å². The van der Waals surface area contributed by atoms with Crippen molar-refractivity contribution in [1.29, 1.82) is 0 Å². The number of aromatic nitrogens is 1. The normalized spacial score (nSPS) is 18.1. The Labute approximate surface area is 117 Å². The Kier molecular flexibility index (Phi) is 3.51. The van der Waals surface area contributed by atoms with E-state index in [0.717, 1.165) is 10.9 Å². The quantitative estimate of drug-likeness (QED) is 0.805. The van der Waals surface area contributed by atoms with Crippen LogP contribution >= 0.6 is 0 Å². The summed E-state index contributed by atoms with van der Waals surface area (Å²) in [6, 6.07) is 9.51. The van der Waals surface area contributed by atoms with Gasteiger partial charge >= 0.3 is 0 Å². The van der Waals surface area contributed by atoms with Crippen molar-refractivity contribution in [2.75, 3.05) is 20.3 Å². The molecule has 1 fully saturated rings.